The van der Waals surface area contributed by atoms with Gasteiger partial charge in [-0.2, -0.15) is 0 Å². The maximum absolute atomic E-state index is 12.8. The fourth-order valence-corrected chi connectivity index (χ4v) is 3.99. The third-order valence-corrected chi connectivity index (χ3v) is 5.63. The number of rotatable bonds is 2. The number of benzene rings is 2. The van der Waals surface area contributed by atoms with Gasteiger partial charge in [0.05, 0.1) is 5.69 Å². The van der Waals surface area contributed by atoms with Gasteiger partial charge in [-0.05, 0) is 43.2 Å². The van der Waals surface area contributed by atoms with E-state index in [1.54, 1.807) is 6.07 Å². The average Bonchev–Trinajstić information content (AvgIpc) is 2.57. The number of aryl methyl sites for hydroxylation is 1. The Labute approximate surface area is 146 Å². The summed E-state index contributed by atoms with van der Waals surface area (Å²) in [6, 6.07) is 13.5. The van der Waals surface area contributed by atoms with Gasteiger partial charge in [-0.25, -0.2) is 4.79 Å². The largest absolute Gasteiger partial charge is 0.326 e. The zero-order chi connectivity index (χ0) is 16.4. The third kappa shape index (κ3) is 3.48. The highest BCUT2D eigenvalue weighted by molar-refractivity contribution is 8.00. The molecule has 0 saturated heterocycles. The number of carbonyl (C=O) groups excluding carboxylic acids is 1. The van der Waals surface area contributed by atoms with Gasteiger partial charge in [0.2, 0.25) is 0 Å². The number of carbonyl (C=O) groups is 1. The van der Waals surface area contributed by atoms with Gasteiger partial charge >= 0.3 is 6.03 Å². The smallest absolute Gasteiger partial charge is 0.307 e. The zero-order valence-electron chi connectivity index (χ0n) is 13.2. The van der Waals surface area contributed by atoms with Crippen molar-refractivity contribution in [3.05, 3.63) is 53.1 Å². The van der Waals surface area contributed by atoms with E-state index >= 15 is 0 Å². The van der Waals surface area contributed by atoms with Crippen LogP contribution in [0.25, 0.3) is 0 Å². The van der Waals surface area contributed by atoms with Crippen LogP contribution in [-0.2, 0) is 0 Å². The Bertz CT molecular complexity index is 735. The van der Waals surface area contributed by atoms with Crippen molar-refractivity contribution in [1.82, 2.24) is 0 Å². The molecule has 0 fully saturated rings. The van der Waals surface area contributed by atoms with Crippen molar-refractivity contribution in [3.8, 4) is 0 Å². The van der Waals surface area contributed by atoms with Crippen molar-refractivity contribution in [2.45, 2.75) is 30.4 Å². The minimum absolute atomic E-state index is 0.110. The van der Waals surface area contributed by atoms with Crippen molar-refractivity contribution in [2.24, 2.45) is 0 Å². The van der Waals surface area contributed by atoms with Crippen LogP contribution >= 0.6 is 23.4 Å². The molecule has 5 heteroatoms. The molecule has 3 rings (SSSR count). The summed E-state index contributed by atoms with van der Waals surface area (Å²) in [5, 5.41) is 4.03. The van der Waals surface area contributed by atoms with Gasteiger partial charge in [0, 0.05) is 27.4 Å². The Kier molecular flexibility index (Phi) is 4.83. The first kappa shape index (κ1) is 16.2. The number of urea groups is 1. The fraction of sp³-hybridized carbons (Fsp3) is 0.278. The highest BCUT2D eigenvalue weighted by Gasteiger charge is 2.28. The van der Waals surface area contributed by atoms with Gasteiger partial charge in [0.15, 0.2) is 0 Å². The molecule has 1 heterocycles. The molecule has 0 aliphatic carbocycles. The van der Waals surface area contributed by atoms with Crippen molar-refractivity contribution >= 4 is 40.8 Å². The molecule has 0 radical (unpaired) electrons. The van der Waals surface area contributed by atoms with Gasteiger partial charge in [-0.1, -0.05) is 36.7 Å². The number of thioether (sulfide) groups is 1. The third-order valence-electron chi connectivity index (χ3n) is 3.98. The molecule has 0 unspecified atom stereocenters. The summed E-state index contributed by atoms with van der Waals surface area (Å²) in [4.78, 5) is 15.8. The number of nitrogens with zero attached hydrogens (tertiary/aromatic N) is 1. The Morgan fingerprint density at radius 3 is 2.91 bits per heavy atom. The van der Waals surface area contributed by atoms with Gasteiger partial charge in [-0.3, -0.25) is 4.90 Å². The second kappa shape index (κ2) is 6.85. The molecule has 1 atom stereocenters. The van der Waals surface area contributed by atoms with Crippen molar-refractivity contribution in [3.63, 3.8) is 0 Å². The molecule has 23 heavy (non-hydrogen) atoms. The SMILES string of the molecule is CC[C@@H]1CN(C(=O)Nc2cc(Cl)ccc2C)c2ccccc2S1. The normalized spacial score (nSPS) is 16.8. The van der Waals surface area contributed by atoms with Crippen LogP contribution in [0.5, 0.6) is 0 Å². The summed E-state index contributed by atoms with van der Waals surface area (Å²) in [7, 11) is 0. The summed E-state index contributed by atoms with van der Waals surface area (Å²) in [6.07, 6.45) is 1.03. The molecule has 2 amide bonds. The highest BCUT2D eigenvalue weighted by atomic mass is 35.5. The Morgan fingerprint density at radius 2 is 2.13 bits per heavy atom. The summed E-state index contributed by atoms with van der Waals surface area (Å²) >= 11 is 7.89. The van der Waals surface area contributed by atoms with E-state index < -0.39 is 0 Å². The first-order chi connectivity index (χ1) is 11.1. The van der Waals surface area contributed by atoms with Gasteiger partial charge in [0.25, 0.3) is 0 Å². The minimum atomic E-state index is -0.110. The van der Waals surface area contributed by atoms with Crippen LogP contribution < -0.4 is 10.2 Å². The Morgan fingerprint density at radius 1 is 1.35 bits per heavy atom. The van der Waals surface area contributed by atoms with Crippen LogP contribution in [0.1, 0.15) is 18.9 Å². The highest BCUT2D eigenvalue weighted by Crippen LogP contribution is 2.39. The standard InChI is InChI=1S/C18H19ClN2OS/c1-3-14-11-21(16-6-4-5-7-17(16)23-14)18(22)20-15-10-13(19)9-8-12(15)2/h4-10,14H,3,11H2,1-2H3,(H,20,22)/t14-/m1/s1. The van der Waals surface area contributed by atoms with Gasteiger partial charge in [0.1, 0.15) is 0 Å². The van der Waals surface area contributed by atoms with E-state index in [9.17, 15) is 4.79 Å². The second-order valence-electron chi connectivity index (χ2n) is 5.62. The second-order valence-corrected chi connectivity index (χ2v) is 7.39. The quantitative estimate of drug-likeness (QED) is 0.770. The summed E-state index contributed by atoms with van der Waals surface area (Å²) in [5.74, 6) is 0. The molecule has 0 aromatic heterocycles. The lowest BCUT2D eigenvalue weighted by Gasteiger charge is -2.33. The number of amides is 2. The molecule has 2 aromatic carbocycles. The van der Waals surface area contributed by atoms with Crippen LogP contribution in [0.15, 0.2) is 47.4 Å². The minimum Gasteiger partial charge on any atom is -0.307 e. The molecule has 120 valence electrons. The number of nitrogens with one attached hydrogen (secondary N) is 1. The van der Waals surface area contributed by atoms with Crippen LogP contribution in [0, 0.1) is 6.92 Å². The lowest BCUT2D eigenvalue weighted by Crippen LogP contribution is -2.42. The maximum Gasteiger partial charge on any atom is 0.326 e. The van der Waals surface area contributed by atoms with E-state index in [-0.39, 0.29) is 6.03 Å². The van der Waals surface area contributed by atoms with E-state index in [0.717, 1.165) is 28.3 Å². The van der Waals surface area contributed by atoms with Gasteiger partial charge in [-0.15, -0.1) is 11.8 Å². The van der Waals surface area contributed by atoms with E-state index in [4.69, 9.17) is 11.6 Å². The van der Waals surface area contributed by atoms with E-state index in [0.29, 0.717) is 16.8 Å². The monoisotopic (exact) mass is 346 g/mol. The lowest BCUT2D eigenvalue weighted by molar-refractivity contribution is 0.256. The number of halogens is 1. The molecule has 0 saturated carbocycles. The zero-order valence-corrected chi connectivity index (χ0v) is 14.7. The number of anilines is 2. The first-order valence-electron chi connectivity index (χ1n) is 7.69. The predicted octanol–water partition coefficient (Wildman–Crippen LogP) is 5.57. The molecule has 1 aliphatic rings. The number of hydrogen-bond acceptors (Lipinski definition) is 2. The van der Waals surface area contributed by atoms with Crippen molar-refractivity contribution < 1.29 is 4.79 Å². The van der Waals surface area contributed by atoms with Crippen LogP contribution in [0.4, 0.5) is 16.2 Å². The predicted molar refractivity (Wildman–Crippen MR) is 98.9 cm³/mol. The Hall–Kier alpha value is -1.65. The number of para-hydroxylation sites is 1. The summed E-state index contributed by atoms with van der Waals surface area (Å²) in [5.41, 5.74) is 2.72. The molecular formula is C18H19ClN2OS. The average molecular weight is 347 g/mol. The fourth-order valence-electron chi connectivity index (χ4n) is 2.61. The molecule has 2 aromatic rings. The van der Waals surface area contributed by atoms with Crippen LogP contribution in [0.2, 0.25) is 5.02 Å². The molecule has 1 N–H and O–H groups in total. The molecule has 0 bridgehead atoms. The van der Waals surface area contributed by atoms with Crippen molar-refractivity contribution in [2.75, 3.05) is 16.8 Å². The topological polar surface area (TPSA) is 32.3 Å². The summed E-state index contributed by atoms with van der Waals surface area (Å²) in [6.45, 7) is 4.83. The van der Waals surface area contributed by atoms with Crippen LogP contribution in [-0.4, -0.2) is 17.8 Å². The molecule has 3 nitrogen and oxygen atoms in total. The van der Waals surface area contributed by atoms with Crippen LogP contribution in [0.3, 0.4) is 0 Å². The summed E-state index contributed by atoms with van der Waals surface area (Å²) < 4.78 is 0. The maximum atomic E-state index is 12.8. The molecule has 1 aliphatic heterocycles. The molecular weight excluding hydrogens is 328 g/mol. The van der Waals surface area contributed by atoms with E-state index in [1.807, 2.05) is 53.9 Å². The van der Waals surface area contributed by atoms with E-state index in [2.05, 4.69) is 18.3 Å². The first-order valence-corrected chi connectivity index (χ1v) is 8.94. The van der Waals surface area contributed by atoms with Gasteiger partial charge < -0.3 is 5.32 Å². The lowest BCUT2D eigenvalue weighted by atomic mass is 10.2. The molecule has 0 spiro atoms. The van der Waals surface area contributed by atoms with E-state index in [1.165, 1.54) is 0 Å². The Balaban J connectivity index is 1.88. The number of hydrogen-bond donors (Lipinski definition) is 1. The van der Waals surface area contributed by atoms with Crippen molar-refractivity contribution in [1.29, 1.82) is 0 Å². The number of fused-ring (bicyclic) bond motifs is 1.